The smallest absolute Gasteiger partial charge is 0.338 e. The van der Waals surface area contributed by atoms with Gasteiger partial charge in [0.25, 0.3) is 0 Å². The number of hydrogen-bond donors (Lipinski definition) is 2. The third-order valence-electron chi connectivity index (χ3n) is 4.45. The van der Waals surface area contributed by atoms with E-state index in [1.807, 2.05) is 6.07 Å². The topological polar surface area (TPSA) is 81.0 Å². The average Bonchev–Trinajstić information content (AvgIpc) is 2.95. The zero-order chi connectivity index (χ0) is 18.4. The van der Waals surface area contributed by atoms with Crippen LogP contribution in [0.5, 0.6) is 0 Å². The number of rotatable bonds is 7. The Labute approximate surface area is 151 Å². The first kappa shape index (κ1) is 18.2. The number of nitrogens with one attached hydrogen (secondary N) is 2. The molecule has 1 aliphatic heterocycles. The van der Waals surface area contributed by atoms with Gasteiger partial charge < -0.3 is 10.6 Å². The van der Waals surface area contributed by atoms with E-state index in [4.69, 9.17) is 0 Å². The van der Waals surface area contributed by atoms with Crippen molar-refractivity contribution in [1.82, 2.24) is 25.0 Å². The molecule has 0 fully saturated rings. The number of hydrogen-bond acceptors (Lipinski definition) is 3. The lowest BCUT2D eigenvalue weighted by Crippen LogP contribution is -2.37. The first-order valence-corrected chi connectivity index (χ1v) is 9.06. The molecule has 1 aromatic carbocycles. The Hall–Kier alpha value is -2.64. The summed E-state index contributed by atoms with van der Waals surface area (Å²) in [6, 6.07) is 6.07. The van der Waals surface area contributed by atoms with Gasteiger partial charge in [-0.05, 0) is 43.4 Å². The number of benzene rings is 1. The summed E-state index contributed by atoms with van der Waals surface area (Å²) in [6.07, 6.45) is 4.16. The van der Waals surface area contributed by atoms with E-state index in [-0.39, 0.29) is 17.5 Å². The fraction of sp³-hybridized carbons (Fsp3) is 0.500. The van der Waals surface area contributed by atoms with Gasteiger partial charge in [-0.1, -0.05) is 12.1 Å². The summed E-state index contributed by atoms with van der Waals surface area (Å²) in [5.74, 6) is 0.590. The van der Waals surface area contributed by atoms with E-state index in [1.54, 1.807) is 10.6 Å². The molecule has 8 heteroatoms. The lowest BCUT2D eigenvalue weighted by Gasteiger charge is -2.09. The molecule has 2 amide bonds. The zero-order valence-corrected chi connectivity index (χ0v) is 14.7. The maximum atomic E-state index is 13.1. The Kier molecular flexibility index (Phi) is 6.04. The van der Waals surface area contributed by atoms with Crippen LogP contribution < -0.4 is 16.3 Å². The van der Waals surface area contributed by atoms with Crippen molar-refractivity contribution in [3.63, 3.8) is 0 Å². The second-order valence-electron chi connectivity index (χ2n) is 6.45. The Morgan fingerprint density at radius 1 is 1.23 bits per heavy atom. The molecule has 1 aliphatic rings. The highest BCUT2D eigenvalue weighted by Gasteiger charge is 2.16. The standard InChI is InChI=1S/C18H24FN5O2/c19-15-6-3-5-14(13-15)8-10-21-17(25)20-9-4-12-24-18(26)23-11-2-1-7-16(23)22-24/h3,5-6,13H,1-2,4,7-12H2,(H2,20,21,25). The van der Waals surface area contributed by atoms with Gasteiger partial charge in [-0.25, -0.2) is 18.7 Å². The van der Waals surface area contributed by atoms with Gasteiger partial charge in [0.2, 0.25) is 0 Å². The second-order valence-corrected chi connectivity index (χ2v) is 6.45. The van der Waals surface area contributed by atoms with Gasteiger partial charge in [0.05, 0.1) is 0 Å². The van der Waals surface area contributed by atoms with Crippen molar-refractivity contribution >= 4 is 6.03 Å². The highest BCUT2D eigenvalue weighted by molar-refractivity contribution is 5.73. The van der Waals surface area contributed by atoms with E-state index in [9.17, 15) is 14.0 Å². The van der Waals surface area contributed by atoms with Gasteiger partial charge in [0.1, 0.15) is 11.6 Å². The van der Waals surface area contributed by atoms with Crippen LogP contribution in [0.4, 0.5) is 9.18 Å². The molecule has 2 aromatic rings. The summed E-state index contributed by atoms with van der Waals surface area (Å²) >= 11 is 0. The molecule has 140 valence electrons. The molecule has 3 rings (SSSR count). The van der Waals surface area contributed by atoms with Crippen LogP contribution in [0.15, 0.2) is 29.1 Å². The Balaban J connectivity index is 1.34. The van der Waals surface area contributed by atoms with Crippen molar-refractivity contribution < 1.29 is 9.18 Å². The van der Waals surface area contributed by atoms with Crippen LogP contribution in [0.3, 0.4) is 0 Å². The van der Waals surface area contributed by atoms with Gasteiger partial charge in [-0.3, -0.25) is 4.57 Å². The molecule has 0 saturated heterocycles. The molecule has 7 nitrogen and oxygen atoms in total. The van der Waals surface area contributed by atoms with Crippen molar-refractivity contribution in [3.05, 3.63) is 52.0 Å². The first-order valence-electron chi connectivity index (χ1n) is 9.06. The van der Waals surface area contributed by atoms with Crippen molar-refractivity contribution in [3.8, 4) is 0 Å². The van der Waals surface area contributed by atoms with E-state index in [0.717, 1.165) is 37.2 Å². The molecule has 0 aliphatic carbocycles. The fourth-order valence-corrected chi connectivity index (χ4v) is 3.10. The van der Waals surface area contributed by atoms with Crippen LogP contribution >= 0.6 is 0 Å². The Morgan fingerprint density at radius 2 is 2.08 bits per heavy atom. The summed E-state index contributed by atoms with van der Waals surface area (Å²) in [6.45, 7) is 2.13. The van der Waals surface area contributed by atoms with Crippen LogP contribution in [0.2, 0.25) is 0 Å². The minimum atomic E-state index is -0.275. The van der Waals surface area contributed by atoms with Crippen molar-refractivity contribution in [2.45, 2.75) is 45.2 Å². The molecular formula is C18H24FN5O2. The van der Waals surface area contributed by atoms with Crippen LogP contribution in [0, 0.1) is 5.82 Å². The molecular weight excluding hydrogens is 337 g/mol. The maximum absolute atomic E-state index is 13.1. The Morgan fingerprint density at radius 3 is 2.88 bits per heavy atom. The monoisotopic (exact) mass is 361 g/mol. The SMILES string of the molecule is O=C(NCCCn1nc2n(c1=O)CCCC2)NCCc1cccc(F)c1. The molecule has 26 heavy (non-hydrogen) atoms. The molecule has 2 N–H and O–H groups in total. The predicted molar refractivity (Wildman–Crippen MR) is 95.5 cm³/mol. The summed E-state index contributed by atoms with van der Waals surface area (Å²) in [4.78, 5) is 23.9. The lowest BCUT2D eigenvalue weighted by molar-refractivity contribution is 0.240. The second kappa shape index (κ2) is 8.64. The van der Waals surface area contributed by atoms with Gasteiger partial charge in [0, 0.05) is 32.6 Å². The minimum absolute atomic E-state index is 0.0563. The molecule has 0 atom stereocenters. The van der Waals surface area contributed by atoms with E-state index in [1.165, 1.54) is 16.8 Å². The number of nitrogens with zero attached hydrogens (tertiary/aromatic N) is 3. The van der Waals surface area contributed by atoms with Crippen molar-refractivity contribution in [2.24, 2.45) is 0 Å². The number of urea groups is 1. The van der Waals surface area contributed by atoms with Crippen LogP contribution in [0.25, 0.3) is 0 Å². The van der Waals surface area contributed by atoms with E-state index < -0.39 is 0 Å². The Bertz CT molecular complexity index is 814. The maximum Gasteiger partial charge on any atom is 0.345 e. The molecule has 0 spiro atoms. The predicted octanol–water partition coefficient (Wildman–Crippen LogP) is 1.45. The molecule has 0 saturated carbocycles. The molecule has 0 radical (unpaired) electrons. The van der Waals surface area contributed by atoms with Gasteiger partial charge in [0.15, 0.2) is 0 Å². The minimum Gasteiger partial charge on any atom is -0.338 e. The van der Waals surface area contributed by atoms with Crippen LogP contribution in [0.1, 0.15) is 30.7 Å². The largest absolute Gasteiger partial charge is 0.345 e. The highest BCUT2D eigenvalue weighted by Crippen LogP contribution is 2.09. The van der Waals surface area contributed by atoms with E-state index in [0.29, 0.717) is 32.5 Å². The quantitative estimate of drug-likeness (QED) is 0.733. The average molecular weight is 361 g/mol. The molecule has 2 heterocycles. The number of carbonyl (C=O) groups is 1. The number of carbonyl (C=O) groups excluding carboxylic acids is 1. The van der Waals surface area contributed by atoms with Crippen LogP contribution in [-0.4, -0.2) is 33.5 Å². The zero-order valence-electron chi connectivity index (χ0n) is 14.7. The number of aromatic nitrogens is 3. The first-order chi connectivity index (χ1) is 12.6. The lowest BCUT2D eigenvalue weighted by atomic mass is 10.1. The molecule has 1 aromatic heterocycles. The van der Waals surface area contributed by atoms with Gasteiger partial charge >= 0.3 is 11.7 Å². The van der Waals surface area contributed by atoms with Gasteiger partial charge in [-0.15, -0.1) is 0 Å². The molecule has 0 unspecified atom stereocenters. The summed E-state index contributed by atoms with van der Waals surface area (Å²) in [5, 5.41) is 9.86. The van der Waals surface area contributed by atoms with E-state index in [2.05, 4.69) is 15.7 Å². The van der Waals surface area contributed by atoms with Crippen molar-refractivity contribution in [2.75, 3.05) is 13.1 Å². The normalized spacial score (nSPS) is 13.3. The van der Waals surface area contributed by atoms with Crippen molar-refractivity contribution in [1.29, 1.82) is 0 Å². The summed E-state index contributed by atoms with van der Waals surface area (Å²) in [5.41, 5.74) is 0.785. The van der Waals surface area contributed by atoms with Crippen LogP contribution in [-0.2, 0) is 25.9 Å². The van der Waals surface area contributed by atoms with Gasteiger partial charge in [-0.2, -0.15) is 5.10 Å². The third-order valence-corrected chi connectivity index (χ3v) is 4.45. The third kappa shape index (κ3) is 4.71. The number of halogens is 1. The number of aryl methyl sites for hydroxylation is 2. The number of amides is 2. The highest BCUT2D eigenvalue weighted by atomic mass is 19.1. The molecule has 0 bridgehead atoms. The number of fused-ring (bicyclic) bond motifs is 1. The summed E-state index contributed by atoms with van der Waals surface area (Å²) in [7, 11) is 0. The van der Waals surface area contributed by atoms with E-state index >= 15 is 0 Å². The fourth-order valence-electron chi connectivity index (χ4n) is 3.10. The summed E-state index contributed by atoms with van der Waals surface area (Å²) < 4.78 is 16.3.